The Kier molecular flexibility index (Phi) is 10.3. The first kappa shape index (κ1) is 29.3. The summed E-state index contributed by atoms with van der Waals surface area (Å²) in [5.41, 5.74) is 7.01. The van der Waals surface area contributed by atoms with E-state index in [1.165, 1.54) is 33.0 Å². The van der Waals surface area contributed by atoms with Gasteiger partial charge in [0.1, 0.15) is 5.65 Å². The minimum absolute atomic E-state index is 0.140. The third kappa shape index (κ3) is 6.55. The Balaban J connectivity index is 1.63. The zero-order valence-electron chi connectivity index (χ0n) is 24.9. The van der Waals surface area contributed by atoms with Gasteiger partial charge in [-0.1, -0.05) is 99.9 Å². The number of fused-ring (bicyclic) bond motifs is 3. The largest absolute Gasteiger partial charge is 0.352 e. The molecule has 1 atom stereocenters. The van der Waals surface area contributed by atoms with Crippen molar-refractivity contribution in [2.24, 2.45) is 5.92 Å². The van der Waals surface area contributed by atoms with Gasteiger partial charge in [0.05, 0.1) is 11.4 Å². The molecular formula is C36H45N3O. The van der Waals surface area contributed by atoms with Crippen molar-refractivity contribution >= 4 is 27.8 Å². The van der Waals surface area contributed by atoms with Crippen molar-refractivity contribution in [3.8, 4) is 0 Å². The van der Waals surface area contributed by atoms with Crippen molar-refractivity contribution in [3.63, 3.8) is 0 Å². The Labute approximate surface area is 240 Å². The van der Waals surface area contributed by atoms with Gasteiger partial charge in [-0.05, 0) is 67.9 Å². The molecule has 0 bridgehead atoms. The molecule has 2 heterocycles. The van der Waals surface area contributed by atoms with Gasteiger partial charge in [0.2, 0.25) is 5.91 Å². The number of rotatable bonds is 13. The maximum atomic E-state index is 13.7. The van der Waals surface area contributed by atoms with E-state index in [1.807, 2.05) is 25.3 Å². The number of hydrogen-bond acceptors (Lipinski definition) is 2. The van der Waals surface area contributed by atoms with Gasteiger partial charge in [-0.2, -0.15) is 0 Å². The Hall–Kier alpha value is -3.66. The highest BCUT2D eigenvalue weighted by Gasteiger charge is 2.29. The second kappa shape index (κ2) is 14.1. The number of amides is 1. The Morgan fingerprint density at radius 2 is 1.73 bits per heavy atom. The Morgan fingerprint density at radius 1 is 1.00 bits per heavy atom. The summed E-state index contributed by atoms with van der Waals surface area (Å²) in [6.07, 6.45) is 13.3. The van der Waals surface area contributed by atoms with Gasteiger partial charge in [-0.3, -0.25) is 4.79 Å². The molecule has 0 fully saturated rings. The lowest BCUT2D eigenvalue weighted by molar-refractivity contribution is -0.123. The fraction of sp³-hybridized carbons (Fsp3) is 0.389. The van der Waals surface area contributed by atoms with Crippen molar-refractivity contribution in [2.75, 3.05) is 6.54 Å². The first-order chi connectivity index (χ1) is 19.5. The summed E-state index contributed by atoms with van der Waals surface area (Å²) in [5, 5.41) is 5.75. The molecule has 1 N–H and O–H groups in total. The van der Waals surface area contributed by atoms with Crippen LogP contribution in [0, 0.1) is 12.8 Å². The van der Waals surface area contributed by atoms with Crippen LogP contribution in [0.4, 0.5) is 0 Å². The number of nitrogens with zero attached hydrogens (tertiary/aromatic N) is 2. The van der Waals surface area contributed by atoms with E-state index in [2.05, 4.69) is 98.3 Å². The summed E-state index contributed by atoms with van der Waals surface area (Å²) in [4.78, 5) is 18.5. The molecule has 2 aromatic heterocycles. The molecule has 2 aromatic carbocycles. The summed E-state index contributed by atoms with van der Waals surface area (Å²) in [6, 6.07) is 19.4. The third-order valence-corrected chi connectivity index (χ3v) is 8.08. The van der Waals surface area contributed by atoms with Crippen LogP contribution in [0.15, 0.2) is 84.6 Å². The van der Waals surface area contributed by atoms with Crippen LogP contribution in [0.3, 0.4) is 0 Å². The number of benzene rings is 2. The molecule has 0 spiro atoms. The van der Waals surface area contributed by atoms with E-state index in [4.69, 9.17) is 4.98 Å². The second-order valence-corrected chi connectivity index (χ2v) is 10.9. The molecule has 0 aliphatic heterocycles. The molecule has 4 nitrogen and oxygen atoms in total. The SMILES string of the molecule is C/C=C\C=C(/CC)CNC(=O)C(c1ccc(Cn2c3ccccc3c3c(C)ccnc32)cc1)C(CCC)CCC. The van der Waals surface area contributed by atoms with E-state index in [0.717, 1.165) is 49.9 Å². The van der Waals surface area contributed by atoms with Crippen LogP contribution < -0.4 is 5.32 Å². The van der Waals surface area contributed by atoms with Gasteiger partial charge in [-0.15, -0.1) is 0 Å². The molecule has 210 valence electrons. The van der Waals surface area contributed by atoms with Gasteiger partial charge >= 0.3 is 0 Å². The number of carbonyl (C=O) groups excluding carboxylic acids is 1. The van der Waals surface area contributed by atoms with E-state index >= 15 is 0 Å². The predicted octanol–water partition coefficient (Wildman–Crippen LogP) is 8.87. The number of para-hydroxylation sites is 1. The van der Waals surface area contributed by atoms with Gasteiger partial charge in [0, 0.05) is 30.1 Å². The predicted molar refractivity (Wildman–Crippen MR) is 170 cm³/mol. The summed E-state index contributed by atoms with van der Waals surface area (Å²) >= 11 is 0. The average Bonchev–Trinajstić information content (AvgIpc) is 3.29. The molecule has 1 amide bonds. The van der Waals surface area contributed by atoms with E-state index < -0.39 is 0 Å². The van der Waals surface area contributed by atoms with Crippen LogP contribution >= 0.6 is 0 Å². The zero-order valence-corrected chi connectivity index (χ0v) is 24.9. The van der Waals surface area contributed by atoms with E-state index in [-0.39, 0.29) is 11.8 Å². The molecule has 4 heteroatoms. The summed E-state index contributed by atoms with van der Waals surface area (Å²) in [7, 11) is 0. The lowest BCUT2D eigenvalue weighted by atomic mass is 9.79. The highest BCUT2D eigenvalue weighted by atomic mass is 16.1. The van der Waals surface area contributed by atoms with Crippen LogP contribution in [0.2, 0.25) is 0 Å². The molecule has 0 saturated carbocycles. The molecule has 1 unspecified atom stereocenters. The fourth-order valence-electron chi connectivity index (χ4n) is 5.99. The molecular weight excluding hydrogens is 490 g/mol. The average molecular weight is 536 g/mol. The monoisotopic (exact) mass is 535 g/mol. The maximum Gasteiger partial charge on any atom is 0.228 e. The molecule has 4 aromatic rings. The molecule has 40 heavy (non-hydrogen) atoms. The Morgan fingerprint density at radius 3 is 2.40 bits per heavy atom. The van der Waals surface area contributed by atoms with Crippen molar-refractivity contribution in [3.05, 3.63) is 101 Å². The van der Waals surface area contributed by atoms with E-state index in [1.54, 1.807) is 0 Å². The number of nitrogens with one attached hydrogen (secondary N) is 1. The number of hydrogen-bond donors (Lipinski definition) is 1. The van der Waals surface area contributed by atoms with Gasteiger partial charge in [0.25, 0.3) is 0 Å². The zero-order chi connectivity index (χ0) is 28.5. The lowest BCUT2D eigenvalue weighted by Crippen LogP contribution is -2.34. The highest BCUT2D eigenvalue weighted by Crippen LogP contribution is 2.34. The first-order valence-corrected chi connectivity index (χ1v) is 15.0. The van der Waals surface area contributed by atoms with Gasteiger partial charge in [0.15, 0.2) is 0 Å². The van der Waals surface area contributed by atoms with Crippen LogP contribution in [-0.4, -0.2) is 22.0 Å². The lowest BCUT2D eigenvalue weighted by Gasteiger charge is -2.27. The van der Waals surface area contributed by atoms with Crippen molar-refractivity contribution in [1.29, 1.82) is 0 Å². The minimum Gasteiger partial charge on any atom is -0.352 e. The van der Waals surface area contributed by atoms with Crippen LogP contribution in [-0.2, 0) is 11.3 Å². The molecule has 0 aliphatic rings. The van der Waals surface area contributed by atoms with Crippen molar-refractivity contribution < 1.29 is 4.79 Å². The fourth-order valence-corrected chi connectivity index (χ4v) is 5.99. The number of allylic oxidation sites excluding steroid dienone is 3. The first-order valence-electron chi connectivity index (χ1n) is 15.0. The summed E-state index contributed by atoms with van der Waals surface area (Å²) in [5.74, 6) is 0.322. The standard InChI is InChI=1S/C36H45N3O/c1-6-10-15-27(9-4)24-38-36(40)34(29(13-7-2)14-8-3)30-20-18-28(19-21-30)25-39-32-17-12-11-16-31(32)33-26(5)22-23-37-35(33)39/h6,10-12,15-23,29,34H,7-9,13-14,24-25H2,1-5H3,(H,38,40)/b10-6-,27-15+. The topological polar surface area (TPSA) is 46.9 Å². The minimum atomic E-state index is -0.147. The van der Waals surface area contributed by atoms with E-state index in [9.17, 15) is 4.79 Å². The summed E-state index contributed by atoms with van der Waals surface area (Å²) < 4.78 is 2.32. The molecule has 0 radical (unpaired) electrons. The van der Waals surface area contributed by atoms with Gasteiger partial charge in [-0.25, -0.2) is 4.98 Å². The van der Waals surface area contributed by atoms with Crippen LogP contribution in [0.25, 0.3) is 21.9 Å². The maximum absolute atomic E-state index is 13.7. The normalized spacial score (nSPS) is 13.1. The Bertz CT molecular complexity index is 1470. The van der Waals surface area contributed by atoms with Crippen LogP contribution in [0.1, 0.15) is 82.4 Å². The third-order valence-electron chi connectivity index (χ3n) is 8.08. The molecule has 0 aliphatic carbocycles. The number of aryl methyl sites for hydroxylation is 1. The quantitative estimate of drug-likeness (QED) is 0.174. The second-order valence-electron chi connectivity index (χ2n) is 10.9. The number of carbonyl (C=O) groups is 1. The van der Waals surface area contributed by atoms with Crippen molar-refractivity contribution in [2.45, 2.75) is 79.2 Å². The number of pyridine rings is 1. The summed E-state index contributed by atoms with van der Waals surface area (Å²) in [6.45, 7) is 12.1. The van der Waals surface area contributed by atoms with E-state index in [0.29, 0.717) is 12.5 Å². The highest BCUT2D eigenvalue weighted by molar-refractivity contribution is 6.08. The van der Waals surface area contributed by atoms with Crippen LogP contribution in [0.5, 0.6) is 0 Å². The molecule has 4 rings (SSSR count). The number of aromatic nitrogens is 2. The van der Waals surface area contributed by atoms with Gasteiger partial charge < -0.3 is 9.88 Å². The molecule has 0 saturated heterocycles. The smallest absolute Gasteiger partial charge is 0.228 e. The van der Waals surface area contributed by atoms with Crippen molar-refractivity contribution in [1.82, 2.24) is 14.9 Å².